The average Bonchev–Trinajstić information content (AvgIpc) is 2.81. The van der Waals surface area contributed by atoms with E-state index in [2.05, 4.69) is 32.1 Å². The van der Waals surface area contributed by atoms with Gasteiger partial charge >= 0.3 is 0 Å². The van der Waals surface area contributed by atoms with Crippen molar-refractivity contribution < 1.29 is 0 Å². The van der Waals surface area contributed by atoms with Gasteiger partial charge in [-0.05, 0) is 28.8 Å². The molecule has 4 nitrogen and oxygen atoms in total. The minimum Gasteiger partial charge on any atom is -0.370 e. The summed E-state index contributed by atoms with van der Waals surface area (Å²) in [5.41, 5.74) is 1.21. The summed E-state index contributed by atoms with van der Waals surface area (Å²) in [6.45, 7) is 2.75. The molecule has 0 saturated carbocycles. The van der Waals surface area contributed by atoms with Crippen molar-refractivity contribution in [3.05, 3.63) is 44.6 Å². The number of nitrogens with one attached hydrogen (secondary N) is 2. The predicted octanol–water partition coefficient (Wildman–Crippen LogP) is 2.05. The molecule has 0 spiro atoms. The van der Waals surface area contributed by atoms with Crippen LogP contribution in [0.5, 0.6) is 0 Å². The molecule has 0 aliphatic rings. The Balaban J connectivity index is 1.94. The summed E-state index contributed by atoms with van der Waals surface area (Å²) in [6, 6.07) is 3.60. The number of H-pyrrole nitrogens is 1. The van der Waals surface area contributed by atoms with Gasteiger partial charge in [-0.15, -0.1) is 0 Å². The molecule has 0 aliphatic carbocycles. The minimum atomic E-state index is -0.102. The Morgan fingerprint density at radius 1 is 1.53 bits per heavy atom. The van der Waals surface area contributed by atoms with Gasteiger partial charge in [0.2, 0.25) is 0 Å². The molecular formula is C12H15N3OS. The first-order chi connectivity index (χ1) is 8.28. The van der Waals surface area contributed by atoms with Gasteiger partial charge in [-0.3, -0.25) is 4.79 Å². The fourth-order valence-electron chi connectivity index (χ4n) is 1.54. The van der Waals surface area contributed by atoms with Crippen molar-refractivity contribution >= 4 is 17.2 Å². The van der Waals surface area contributed by atoms with Crippen LogP contribution < -0.4 is 10.9 Å². The third-order valence-corrected chi connectivity index (χ3v) is 3.16. The molecule has 0 bridgehead atoms. The van der Waals surface area contributed by atoms with E-state index < -0.39 is 0 Å². The van der Waals surface area contributed by atoms with Crippen LogP contribution in [0.25, 0.3) is 0 Å². The zero-order valence-corrected chi connectivity index (χ0v) is 10.5. The van der Waals surface area contributed by atoms with Crippen LogP contribution in [0.15, 0.2) is 27.7 Å². The Labute approximate surface area is 104 Å². The van der Waals surface area contributed by atoms with Gasteiger partial charge in [0.15, 0.2) is 0 Å². The van der Waals surface area contributed by atoms with E-state index in [-0.39, 0.29) is 5.56 Å². The van der Waals surface area contributed by atoms with Crippen LogP contribution in [0.3, 0.4) is 0 Å². The van der Waals surface area contributed by atoms with E-state index in [4.69, 9.17) is 0 Å². The van der Waals surface area contributed by atoms with E-state index in [1.165, 1.54) is 11.6 Å². The second-order valence-electron chi connectivity index (χ2n) is 3.74. The third kappa shape index (κ3) is 3.42. The van der Waals surface area contributed by atoms with Crippen LogP contribution in [0.1, 0.15) is 18.3 Å². The SMILES string of the molecule is CCc1nc(NCCc2ccsc2)cc(=O)[nH]1. The minimum absolute atomic E-state index is 0.102. The first kappa shape index (κ1) is 11.9. The van der Waals surface area contributed by atoms with Gasteiger partial charge in [-0.25, -0.2) is 4.98 Å². The van der Waals surface area contributed by atoms with Gasteiger partial charge in [-0.1, -0.05) is 6.92 Å². The maximum Gasteiger partial charge on any atom is 0.252 e. The second-order valence-corrected chi connectivity index (χ2v) is 4.52. The average molecular weight is 249 g/mol. The smallest absolute Gasteiger partial charge is 0.252 e. The molecule has 0 fully saturated rings. The zero-order chi connectivity index (χ0) is 12.1. The summed E-state index contributed by atoms with van der Waals surface area (Å²) in [4.78, 5) is 18.3. The monoisotopic (exact) mass is 249 g/mol. The first-order valence-corrected chi connectivity index (χ1v) is 6.57. The number of anilines is 1. The van der Waals surface area contributed by atoms with Gasteiger partial charge in [0.25, 0.3) is 5.56 Å². The fraction of sp³-hybridized carbons (Fsp3) is 0.333. The summed E-state index contributed by atoms with van der Waals surface area (Å²) in [5, 5.41) is 7.37. The van der Waals surface area contributed by atoms with Crippen molar-refractivity contribution in [2.24, 2.45) is 0 Å². The molecule has 2 aromatic heterocycles. The Kier molecular flexibility index (Phi) is 3.93. The van der Waals surface area contributed by atoms with Gasteiger partial charge < -0.3 is 10.3 Å². The van der Waals surface area contributed by atoms with Crippen LogP contribution in [-0.2, 0) is 12.8 Å². The number of nitrogens with zero attached hydrogens (tertiary/aromatic N) is 1. The highest BCUT2D eigenvalue weighted by Crippen LogP contribution is 2.07. The first-order valence-electron chi connectivity index (χ1n) is 5.63. The standard InChI is InChI=1S/C12H15N3OS/c1-2-10-14-11(7-12(16)15-10)13-5-3-9-4-6-17-8-9/h4,6-8H,2-3,5H2,1H3,(H2,13,14,15,16). The molecular weight excluding hydrogens is 234 g/mol. The highest BCUT2D eigenvalue weighted by atomic mass is 32.1. The lowest BCUT2D eigenvalue weighted by molar-refractivity contribution is 0.909. The molecule has 0 atom stereocenters. The highest BCUT2D eigenvalue weighted by molar-refractivity contribution is 7.07. The molecule has 2 N–H and O–H groups in total. The van der Waals surface area contributed by atoms with Gasteiger partial charge in [0.1, 0.15) is 11.6 Å². The van der Waals surface area contributed by atoms with Crippen molar-refractivity contribution in [3.63, 3.8) is 0 Å². The number of hydrogen-bond donors (Lipinski definition) is 2. The van der Waals surface area contributed by atoms with Gasteiger partial charge in [0.05, 0.1) is 0 Å². The van der Waals surface area contributed by atoms with Crippen LogP contribution in [0.2, 0.25) is 0 Å². The van der Waals surface area contributed by atoms with Crippen LogP contribution in [0, 0.1) is 0 Å². The van der Waals surface area contributed by atoms with Crippen LogP contribution >= 0.6 is 11.3 Å². The molecule has 0 aliphatic heterocycles. The lowest BCUT2D eigenvalue weighted by Gasteiger charge is -2.05. The fourth-order valence-corrected chi connectivity index (χ4v) is 2.24. The van der Waals surface area contributed by atoms with Gasteiger partial charge in [0, 0.05) is 19.0 Å². The largest absolute Gasteiger partial charge is 0.370 e. The highest BCUT2D eigenvalue weighted by Gasteiger charge is 1.99. The Hall–Kier alpha value is -1.62. The van der Waals surface area contributed by atoms with Gasteiger partial charge in [-0.2, -0.15) is 11.3 Å². The molecule has 2 rings (SSSR count). The van der Waals surface area contributed by atoms with Crippen molar-refractivity contribution in [1.29, 1.82) is 0 Å². The molecule has 17 heavy (non-hydrogen) atoms. The summed E-state index contributed by atoms with van der Waals surface area (Å²) in [5.74, 6) is 1.37. The molecule has 0 unspecified atom stereocenters. The predicted molar refractivity (Wildman–Crippen MR) is 70.7 cm³/mol. The molecule has 0 radical (unpaired) electrons. The van der Waals surface area contributed by atoms with Crippen molar-refractivity contribution in [1.82, 2.24) is 9.97 Å². The second kappa shape index (κ2) is 5.63. The van der Waals surface area contributed by atoms with E-state index in [1.807, 2.05) is 6.92 Å². The summed E-state index contributed by atoms with van der Waals surface area (Å²) >= 11 is 1.70. The third-order valence-electron chi connectivity index (χ3n) is 2.43. The number of aromatic amines is 1. The Morgan fingerprint density at radius 3 is 3.12 bits per heavy atom. The number of hydrogen-bond acceptors (Lipinski definition) is 4. The van der Waals surface area contributed by atoms with E-state index in [0.29, 0.717) is 5.82 Å². The van der Waals surface area contributed by atoms with Crippen LogP contribution in [-0.4, -0.2) is 16.5 Å². The molecule has 2 heterocycles. The van der Waals surface area contributed by atoms with E-state index in [9.17, 15) is 4.79 Å². The molecule has 0 aromatic carbocycles. The van der Waals surface area contributed by atoms with E-state index in [1.54, 1.807) is 11.3 Å². The van der Waals surface area contributed by atoms with Crippen molar-refractivity contribution in [2.75, 3.05) is 11.9 Å². The lowest BCUT2D eigenvalue weighted by Crippen LogP contribution is -2.14. The topological polar surface area (TPSA) is 57.8 Å². The summed E-state index contributed by atoms with van der Waals surface area (Å²) in [6.07, 6.45) is 1.68. The number of aryl methyl sites for hydroxylation is 1. The maximum atomic E-state index is 11.3. The van der Waals surface area contributed by atoms with Crippen LogP contribution in [0.4, 0.5) is 5.82 Å². The Bertz CT molecular complexity index is 519. The molecule has 5 heteroatoms. The summed E-state index contributed by atoms with van der Waals surface area (Å²) < 4.78 is 0. The Morgan fingerprint density at radius 2 is 2.41 bits per heavy atom. The molecule has 0 amide bonds. The van der Waals surface area contributed by atoms with Crippen molar-refractivity contribution in [3.8, 4) is 0 Å². The molecule has 0 saturated heterocycles. The zero-order valence-electron chi connectivity index (χ0n) is 9.69. The van der Waals surface area contributed by atoms with E-state index >= 15 is 0 Å². The lowest BCUT2D eigenvalue weighted by atomic mass is 10.2. The number of aromatic nitrogens is 2. The number of rotatable bonds is 5. The molecule has 90 valence electrons. The normalized spacial score (nSPS) is 10.4. The van der Waals surface area contributed by atoms with E-state index in [0.717, 1.165) is 25.2 Å². The maximum absolute atomic E-state index is 11.3. The molecule has 2 aromatic rings. The summed E-state index contributed by atoms with van der Waals surface area (Å²) in [7, 11) is 0. The van der Waals surface area contributed by atoms with Crippen molar-refractivity contribution in [2.45, 2.75) is 19.8 Å². The quantitative estimate of drug-likeness (QED) is 0.852. The number of thiophene rings is 1.